The molecule has 6 nitrogen and oxygen atoms in total. The highest BCUT2D eigenvalue weighted by molar-refractivity contribution is 7.89. The van der Waals surface area contributed by atoms with Crippen molar-refractivity contribution in [3.05, 3.63) is 39.9 Å². The molecule has 8 heteroatoms. The van der Waals surface area contributed by atoms with Gasteiger partial charge in [0.25, 0.3) is 5.69 Å². The molecule has 0 saturated carbocycles. The molecule has 20 heavy (non-hydrogen) atoms. The van der Waals surface area contributed by atoms with Crippen LogP contribution in [0.3, 0.4) is 0 Å². The molecular formula is C12H17ClN2O4S. The molecule has 0 aliphatic rings. The van der Waals surface area contributed by atoms with Crippen LogP contribution >= 0.6 is 11.6 Å². The van der Waals surface area contributed by atoms with E-state index in [-0.39, 0.29) is 24.5 Å². The Labute approximate surface area is 123 Å². The van der Waals surface area contributed by atoms with E-state index in [0.29, 0.717) is 17.9 Å². The van der Waals surface area contributed by atoms with E-state index in [1.165, 1.54) is 10.4 Å². The van der Waals surface area contributed by atoms with Crippen LogP contribution in [0.5, 0.6) is 0 Å². The minimum atomic E-state index is -3.42. The Bertz CT molecular complexity index is 562. The van der Waals surface area contributed by atoms with Crippen molar-refractivity contribution in [2.45, 2.75) is 19.9 Å². The van der Waals surface area contributed by atoms with Gasteiger partial charge in [0.05, 0.1) is 10.7 Å². The fraction of sp³-hybridized carbons (Fsp3) is 0.500. The van der Waals surface area contributed by atoms with Crippen LogP contribution in [0.15, 0.2) is 24.3 Å². The van der Waals surface area contributed by atoms with Gasteiger partial charge >= 0.3 is 0 Å². The average molecular weight is 321 g/mol. The van der Waals surface area contributed by atoms with Crippen LogP contribution in [0.25, 0.3) is 0 Å². The minimum absolute atomic E-state index is 0.00971. The molecule has 0 atom stereocenters. The van der Waals surface area contributed by atoms with Gasteiger partial charge < -0.3 is 0 Å². The predicted octanol–water partition coefficient (Wildman–Crippen LogP) is 2.38. The van der Waals surface area contributed by atoms with Crippen LogP contribution in [0.4, 0.5) is 5.69 Å². The van der Waals surface area contributed by atoms with E-state index in [9.17, 15) is 18.5 Å². The van der Waals surface area contributed by atoms with Crippen LogP contribution in [0.2, 0.25) is 0 Å². The third-order valence-corrected chi connectivity index (χ3v) is 4.93. The molecule has 112 valence electrons. The molecule has 0 N–H and O–H groups in total. The standard InChI is InChI=1S/C12H17ClN2O4S/c1-2-20(18,19)14(9-5-8-13)10-11-6-3-4-7-12(11)15(16)17/h3-4,6-7H,2,5,8-10H2,1H3. The fourth-order valence-electron chi connectivity index (χ4n) is 1.75. The number of nitrogens with zero attached hydrogens (tertiary/aromatic N) is 2. The molecule has 0 amide bonds. The molecular weight excluding hydrogens is 304 g/mol. The number of hydrogen-bond acceptors (Lipinski definition) is 4. The zero-order chi connectivity index (χ0) is 15.2. The van der Waals surface area contributed by atoms with Crippen LogP contribution in [0, 0.1) is 10.1 Å². The van der Waals surface area contributed by atoms with Crippen molar-refractivity contribution in [3.63, 3.8) is 0 Å². The summed E-state index contributed by atoms with van der Waals surface area (Å²) in [5.74, 6) is 0.294. The van der Waals surface area contributed by atoms with Crippen LogP contribution < -0.4 is 0 Å². The first-order valence-corrected chi connectivity index (χ1v) is 8.32. The summed E-state index contributed by atoms with van der Waals surface area (Å²) < 4.78 is 25.3. The van der Waals surface area contributed by atoms with Gasteiger partial charge in [0.1, 0.15) is 0 Å². The van der Waals surface area contributed by atoms with Crippen molar-refractivity contribution in [3.8, 4) is 0 Å². The van der Waals surface area contributed by atoms with Gasteiger partial charge in [-0.1, -0.05) is 18.2 Å². The summed E-state index contributed by atoms with van der Waals surface area (Å²) in [4.78, 5) is 10.4. The number of sulfonamides is 1. The molecule has 0 spiro atoms. The maximum absolute atomic E-state index is 12.0. The molecule has 0 fully saturated rings. The van der Waals surface area contributed by atoms with Crippen molar-refractivity contribution in [1.29, 1.82) is 0 Å². The highest BCUT2D eigenvalue weighted by atomic mass is 35.5. The summed E-state index contributed by atoms with van der Waals surface area (Å²) in [6, 6.07) is 6.14. The van der Waals surface area contributed by atoms with Crippen molar-refractivity contribution in [2.75, 3.05) is 18.2 Å². The van der Waals surface area contributed by atoms with Crippen molar-refractivity contribution in [2.24, 2.45) is 0 Å². The van der Waals surface area contributed by atoms with Gasteiger partial charge in [-0.3, -0.25) is 10.1 Å². The zero-order valence-corrected chi connectivity index (χ0v) is 12.7. The first-order valence-electron chi connectivity index (χ1n) is 6.18. The summed E-state index contributed by atoms with van der Waals surface area (Å²) in [6.07, 6.45) is 0.501. The van der Waals surface area contributed by atoms with Gasteiger partial charge in [0.2, 0.25) is 10.0 Å². The highest BCUT2D eigenvalue weighted by Gasteiger charge is 2.23. The lowest BCUT2D eigenvalue weighted by Crippen LogP contribution is -2.33. The largest absolute Gasteiger partial charge is 0.273 e. The summed E-state index contributed by atoms with van der Waals surface area (Å²) >= 11 is 5.59. The molecule has 1 aromatic carbocycles. The Morgan fingerprint density at radius 2 is 2.00 bits per heavy atom. The van der Waals surface area contributed by atoms with Gasteiger partial charge in [-0.25, -0.2) is 8.42 Å². The Morgan fingerprint density at radius 3 is 2.55 bits per heavy atom. The molecule has 0 aromatic heterocycles. The van der Waals surface area contributed by atoms with E-state index in [4.69, 9.17) is 11.6 Å². The van der Waals surface area contributed by atoms with Gasteiger partial charge in [-0.15, -0.1) is 11.6 Å². The molecule has 0 saturated heterocycles. The van der Waals surface area contributed by atoms with E-state index in [0.717, 1.165) is 0 Å². The van der Waals surface area contributed by atoms with Gasteiger partial charge in [-0.2, -0.15) is 4.31 Å². The lowest BCUT2D eigenvalue weighted by Gasteiger charge is -2.21. The highest BCUT2D eigenvalue weighted by Crippen LogP contribution is 2.21. The number of para-hydroxylation sites is 1. The Kier molecular flexibility index (Phi) is 6.38. The Morgan fingerprint density at radius 1 is 1.35 bits per heavy atom. The third-order valence-electron chi connectivity index (χ3n) is 2.83. The summed E-state index contributed by atoms with van der Waals surface area (Å²) in [7, 11) is -3.42. The second-order valence-corrected chi connectivity index (χ2v) is 6.80. The number of rotatable bonds is 8. The predicted molar refractivity (Wildman–Crippen MR) is 78.3 cm³/mol. The van der Waals surface area contributed by atoms with E-state index in [2.05, 4.69) is 0 Å². The second kappa shape index (κ2) is 7.56. The van der Waals surface area contributed by atoms with E-state index in [1.807, 2.05) is 0 Å². The Hall–Kier alpha value is -1.18. The molecule has 0 bridgehead atoms. The lowest BCUT2D eigenvalue weighted by molar-refractivity contribution is -0.385. The van der Waals surface area contributed by atoms with Crippen LogP contribution in [-0.2, 0) is 16.6 Å². The maximum atomic E-state index is 12.0. The summed E-state index contributed by atoms with van der Waals surface area (Å²) in [6.45, 7) is 1.79. The number of nitro groups is 1. The Balaban J connectivity index is 3.04. The first kappa shape index (κ1) is 16.9. The van der Waals surface area contributed by atoms with Crippen LogP contribution in [0.1, 0.15) is 18.9 Å². The number of halogens is 1. The first-order chi connectivity index (χ1) is 9.42. The molecule has 0 aliphatic carbocycles. The maximum Gasteiger partial charge on any atom is 0.273 e. The number of benzene rings is 1. The van der Waals surface area contributed by atoms with Gasteiger partial charge in [-0.05, 0) is 13.3 Å². The van der Waals surface area contributed by atoms with E-state index >= 15 is 0 Å². The lowest BCUT2D eigenvalue weighted by atomic mass is 10.2. The number of alkyl halides is 1. The molecule has 0 radical (unpaired) electrons. The normalized spacial score (nSPS) is 11.8. The third kappa shape index (κ3) is 4.43. The topological polar surface area (TPSA) is 80.5 Å². The van der Waals surface area contributed by atoms with E-state index in [1.54, 1.807) is 25.1 Å². The molecule has 0 heterocycles. The monoisotopic (exact) mass is 320 g/mol. The molecule has 0 unspecified atom stereocenters. The summed E-state index contributed by atoms with van der Waals surface area (Å²) in [5.41, 5.74) is 0.304. The van der Waals surface area contributed by atoms with Gasteiger partial charge in [0, 0.05) is 30.6 Å². The molecule has 1 rings (SSSR count). The minimum Gasteiger partial charge on any atom is -0.258 e. The number of nitro benzene ring substituents is 1. The van der Waals surface area contributed by atoms with Crippen molar-refractivity contribution >= 4 is 27.3 Å². The van der Waals surface area contributed by atoms with Crippen LogP contribution in [-0.4, -0.2) is 35.8 Å². The fourth-order valence-corrected chi connectivity index (χ4v) is 2.98. The second-order valence-electron chi connectivity index (χ2n) is 4.16. The van der Waals surface area contributed by atoms with E-state index < -0.39 is 14.9 Å². The van der Waals surface area contributed by atoms with Crippen molar-refractivity contribution in [1.82, 2.24) is 4.31 Å². The SMILES string of the molecule is CCS(=O)(=O)N(CCCCl)Cc1ccccc1[N+](=O)[O-]. The molecule has 1 aromatic rings. The van der Waals surface area contributed by atoms with Gasteiger partial charge in [0.15, 0.2) is 0 Å². The zero-order valence-electron chi connectivity index (χ0n) is 11.2. The number of hydrogen-bond donors (Lipinski definition) is 0. The summed E-state index contributed by atoms with van der Waals surface area (Å²) in [5, 5.41) is 11.0. The average Bonchev–Trinajstić information content (AvgIpc) is 2.43. The van der Waals surface area contributed by atoms with Crippen molar-refractivity contribution < 1.29 is 13.3 Å². The smallest absolute Gasteiger partial charge is 0.258 e. The quantitative estimate of drug-likeness (QED) is 0.418. The molecule has 0 aliphatic heterocycles.